The van der Waals surface area contributed by atoms with Crippen LogP contribution in [0.15, 0.2) is 27.6 Å². The van der Waals surface area contributed by atoms with Gasteiger partial charge in [0.05, 0.1) is 9.37 Å². The first-order valence-electron chi connectivity index (χ1n) is 6.98. The molecule has 118 valence electrons. The minimum Gasteiger partial charge on any atom is -0.301 e. The summed E-state index contributed by atoms with van der Waals surface area (Å²) in [6, 6.07) is 4.30. The van der Waals surface area contributed by atoms with E-state index in [9.17, 15) is 12.8 Å². The summed E-state index contributed by atoms with van der Waals surface area (Å²) in [4.78, 5) is 2.29. The van der Waals surface area contributed by atoms with Crippen LogP contribution in [0.2, 0.25) is 0 Å². The molecule has 0 bridgehead atoms. The van der Waals surface area contributed by atoms with Gasteiger partial charge in [-0.05, 0) is 66.9 Å². The highest BCUT2D eigenvalue weighted by Gasteiger charge is 2.26. The van der Waals surface area contributed by atoms with Crippen LogP contribution in [0.1, 0.15) is 20.3 Å². The molecule has 1 heterocycles. The second-order valence-electron chi connectivity index (χ2n) is 5.67. The number of rotatable bonds is 5. The fourth-order valence-corrected chi connectivity index (χ4v) is 3.83. The maximum Gasteiger partial charge on any atom is 0.240 e. The lowest BCUT2D eigenvalue weighted by Crippen LogP contribution is -2.33. The number of nitrogens with zero attached hydrogens (tertiary/aromatic N) is 1. The minimum absolute atomic E-state index is 0.0399. The summed E-state index contributed by atoms with van der Waals surface area (Å²) in [5.41, 5.74) is 0. The molecule has 1 aromatic rings. The lowest BCUT2D eigenvalue weighted by Gasteiger charge is -2.20. The van der Waals surface area contributed by atoms with Crippen molar-refractivity contribution in [1.29, 1.82) is 0 Å². The van der Waals surface area contributed by atoms with Crippen LogP contribution in [0.5, 0.6) is 0 Å². The quantitative estimate of drug-likeness (QED) is 0.856. The third-order valence-corrected chi connectivity index (χ3v) is 5.88. The Morgan fingerprint density at radius 3 is 2.76 bits per heavy atom. The number of nitrogens with one attached hydrogen (secondary N) is 1. The number of benzene rings is 1. The maximum atomic E-state index is 13.4. The Labute approximate surface area is 133 Å². The zero-order chi connectivity index (χ0) is 15.6. The molecular formula is C14H20BrFN2O2S. The van der Waals surface area contributed by atoms with Crippen LogP contribution in [0.3, 0.4) is 0 Å². The molecule has 1 aliphatic rings. The first-order valence-corrected chi connectivity index (χ1v) is 9.26. The highest BCUT2D eigenvalue weighted by Crippen LogP contribution is 2.21. The van der Waals surface area contributed by atoms with Gasteiger partial charge in [-0.1, -0.05) is 0 Å². The lowest BCUT2D eigenvalue weighted by molar-refractivity contribution is 0.265. The summed E-state index contributed by atoms with van der Waals surface area (Å²) in [7, 11) is -3.65. The average molecular weight is 379 g/mol. The predicted molar refractivity (Wildman–Crippen MR) is 84.1 cm³/mol. The van der Waals surface area contributed by atoms with E-state index in [0.29, 0.717) is 18.5 Å². The van der Waals surface area contributed by atoms with Crippen molar-refractivity contribution in [2.24, 2.45) is 5.92 Å². The Morgan fingerprint density at radius 2 is 2.19 bits per heavy atom. The molecule has 1 saturated heterocycles. The molecule has 21 heavy (non-hydrogen) atoms. The van der Waals surface area contributed by atoms with Crippen LogP contribution in [0.4, 0.5) is 4.39 Å². The number of hydrogen-bond donors (Lipinski definition) is 1. The first-order chi connectivity index (χ1) is 9.79. The van der Waals surface area contributed by atoms with E-state index in [1.807, 2.05) is 0 Å². The SMILES string of the molecule is CC(C)N1CCC(CNS(=O)(=O)c2ccc(Br)c(F)c2)C1. The topological polar surface area (TPSA) is 49.4 Å². The number of likely N-dealkylation sites (tertiary alicyclic amines) is 1. The van der Waals surface area contributed by atoms with Gasteiger partial charge in [-0.3, -0.25) is 0 Å². The van der Waals surface area contributed by atoms with Crippen LogP contribution in [-0.4, -0.2) is 39.0 Å². The van der Waals surface area contributed by atoms with E-state index in [1.54, 1.807) is 0 Å². The lowest BCUT2D eigenvalue weighted by atomic mass is 10.1. The van der Waals surface area contributed by atoms with Gasteiger partial charge in [-0.15, -0.1) is 0 Å². The number of halogens is 2. The van der Waals surface area contributed by atoms with E-state index in [0.717, 1.165) is 25.6 Å². The molecule has 0 spiro atoms. The second kappa shape index (κ2) is 6.73. The molecule has 1 fully saturated rings. The molecule has 1 aromatic carbocycles. The maximum absolute atomic E-state index is 13.4. The molecule has 0 radical (unpaired) electrons. The van der Waals surface area contributed by atoms with Crippen molar-refractivity contribution in [2.45, 2.75) is 31.2 Å². The van der Waals surface area contributed by atoms with Gasteiger partial charge in [0.15, 0.2) is 0 Å². The van der Waals surface area contributed by atoms with E-state index >= 15 is 0 Å². The van der Waals surface area contributed by atoms with Gasteiger partial charge in [-0.2, -0.15) is 0 Å². The molecule has 1 atom stereocenters. The Balaban J connectivity index is 1.97. The van der Waals surface area contributed by atoms with Crippen molar-refractivity contribution >= 4 is 26.0 Å². The van der Waals surface area contributed by atoms with Crippen molar-refractivity contribution in [2.75, 3.05) is 19.6 Å². The van der Waals surface area contributed by atoms with Gasteiger partial charge < -0.3 is 4.90 Å². The summed E-state index contributed by atoms with van der Waals surface area (Å²) in [6.45, 7) is 6.56. The molecule has 1 aliphatic heterocycles. The van der Waals surface area contributed by atoms with Crippen LogP contribution in [0.25, 0.3) is 0 Å². The third-order valence-electron chi connectivity index (χ3n) is 3.81. The van der Waals surface area contributed by atoms with E-state index in [4.69, 9.17) is 0 Å². The summed E-state index contributed by atoms with van der Waals surface area (Å²) < 4.78 is 40.6. The van der Waals surface area contributed by atoms with Crippen LogP contribution in [-0.2, 0) is 10.0 Å². The van der Waals surface area contributed by atoms with Gasteiger partial charge in [-0.25, -0.2) is 17.5 Å². The van der Waals surface area contributed by atoms with Gasteiger partial charge in [0.2, 0.25) is 10.0 Å². The smallest absolute Gasteiger partial charge is 0.240 e. The van der Waals surface area contributed by atoms with Crippen LogP contribution < -0.4 is 4.72 Å². The molecular weight excluding hydrogens is 359 g/mol. The Morgan fingerprint density at radius 1 is 1.48 bits per heavy atom. The molecule has 2 rings (SSSR count). The van der Waals surface area contributed by atoms with Crippen molar-refractivity contribution in [3.63, 3.8) is 0 Å². The monoisotopic (exact) mass is 378 g/mol. The highest BCUT2D eigenvalue weighted by atomic mass is 79.9. The summed E-state index contributed by atoms with van der Waals surface area (Å²) in [5.74, 6) is -0.271. The molecule has 0 amide bonds. The number of hydrogen-bond acceptors (Lipinski definition) is 3. The zero-order valence-electron chi connectivity index (χ0n) is 12.1. The largest absolute Gasteiger partial charge is 0.301 e. The van der Waals surface area contributed by atoms with Crippen molar-refractivity contribution < 1.29 is 12.8 Å². The molecule has 1 unspecified atom stereocenters. The van der Waals surface area contributed by atoms with Crippen molar-refractivity contribution in [1.82, 2.24) is 9.62 Å². The van der Waals surface area contributed by atoms with Gasteiger partial charge in [0.25, 0.3) is 0 Å². The van der Waals surface area contributed by atoms with E-state index in [-0.39, 0.29) is 9.37 Å². The van der Waals surface area contributed by atoms with E-state index in [2.05, 4.69) is 39.4 Å². The van der Waals surface area contributed by atoms with Crippen LogP contribution in [0, 0.1) is 11.7 Å². The fourth-order valence-electron chi connectivity index (χ4n) is 2.45. The number of sulfonamides is 1. The molecule has 0 saturated carbocycles. The molecule has 4 nitrogen and oxygen atoms in total. The third kappa shape index (κ3) is 4.25. The van der Waals surface area contributed by atoms with E-state index < -0.39 is 15.8 Å². The zero-order valence-corrected chi connectivity index (χ0v) is 14.5. The summed E-state index contributed by atoms with van der Waals surface area (Å²) >= 11 is 3.01. The molecule has 0 aromatic heterocycles. The Bertz CT molecular complexity index is 607. The molecule has 0 aliphatic carbocycles. The first kappa shape index (κ1) is 16.9. The van der Waals surface area contributed by atoms with E-state index in [1.165, 1.54) is 12.1 Å². The fraction of sp³-hybridized carbons (Fsp3) is 0.571. The van der Waals surface area contributed by atoms with Crippen LogP contribution >= 0.6 is 15.9 Å². The second-order valence-corrected chi connectivity index (χ2v) is 8.29. The van der Waals surface area contributed by atoms with Crippen molar-refractivity contribution in [3.05, 3.63) is 28.5 Å². The molecule has 1 N–H and O–H groups in total. The molecule has 7 heteroatoms. The Hall–Kier alpha value is -0.500. The van der Waals surface area contributed by atoms with Gasteiger partial charge in [0, 0.05) is 19.1 Å². The average Bonchev–Trinajstić information content (AvgIpc) is 2.89. The highest BCUT2D eigenvalue weighted by molar-refractivity contribution is 9.10. The summed E-state index contributed by atoms with van der Waals surface area (Å²) in [5, 5.41) is 0. The predicted octanol–water partition coefficient (Wildman–Crippen LogP) is 2.60. The van der Waals surface area contributed by atoms with Gasteiger partial charge >= 0.3 is 0 Å². The van der Waals surface area contributed by atoms with Gasteiger partial charge in [0.1, 0.15) is 5.82 Å². The van der Waals surface area contributed by atoms with Crippen molar-refractivity contribution in [3.8, 4) is 0 Å². The Kier molecular flexibility index (Phi) is 5.40. The minimum atomic E-state index is -3.65. The standard InChI is InChI=1S/C14H20BrFN2O2S/c1-10(2)18-6-5-11(9-18)8-17-21(19,20)12-3-4-13(15)14(16)7-12/h3-4,7,10-11,17H,5-6,8-9H2,1-2H3. The normalized spacial score (nSPS) is 20.3. The summed E-state index contributed by atoms with van der Waals surface area (Å²) in [6.07, 6.45) is 0.982.